The molecule has 1 saturated heterocycles. The van der Waals surface area contributed by atoms with Crippen molar-refractivity contribution >= 4 is 17.6 Å². The SMILES string of the molecule is CN(CC(=O)O)CC1CN(Cc2cc(F)cc(Cl)c2)CCO1. The summed E-state index contributed by atoms with van der Waals surface area (Å²) in [5.41, 5.74) is 0.824. The summed E-state index contributed by atoms with van der Waals surface area (Å²) >= 11 is 5.87. The van der Waals surface area contributed by atoms with Crippen LogP contribution in [0, 0.1) is 5.82 Å². The van der Waals surface area contributed by atoms with Crippen LogP contribution in [0.15, 0.2) is 18.2 Å². The molecular weight excluding hydrogens is 311 g/mol. The molecule has 2 rings (SSSR count). The van der Waals surface area contributed by atoms with Crippen LogP contribution in [-0.4, -0.2) is 66.8 Å². The second-order valence-electron chi connectivity index (χ2n) is 5.60. The number of hydrogen-bond acceptors (Lipinski definition) is 4. The van der Waals surface area contributed by atoms with E-state index in [1.165, 1.54) is 12.1 Å². The second-order valence-corrected chi connectivity index (χ2v) is 6.03. The topological polar surface area (TPSA) is 53.0 Å². The third-order valence-corrected chi connectivity index (χ3v) is 3.69. The number of carbonyl (C=O) groups is 1. The Hall–Kier alpha value is -1.21. The van der Waals surface area contributed by atoms with Crippen LogP contribution < -0.4 is 0 Å². The van der Waals surface area contributed by atoms with Crippen molar-refractivity contribution in [3.63, 3.8) is 0 Å². The van der Waals surface area contributed by atoms with Crippen molar-refractivity contribution in [2.75, 3.05) is 39.8 Å². The molecule has 0 amide bonds. The van der Waals surface area contributed by atoms with Crippen molar-refractivity contribution < 1.29 is 19.0 Å². The quantitative estimate of drug-likeness (QED) is 0.860. The number of ether oxygens (including phenoxy) is 1. The second kappa shape index (κ2) is 7.87. The fraction of sp³-hybridized carbons (Fsp3) is 0.533. The molecule has 1 aromatic carbocycles. The Morgan fingerprint density at radius 3 is 3.00 bits per heavy atom. The zero-order chi connectivity index (χ0) is 16.1. The highest BCUT2D eigenvalue weighted by Gasteiger charge is 2.22. The number of morpholine rings is 1. The molecular formula is C15H20ClFN2O3. The number of rotatable bonds is 6. The van der Waals surface area contributed by atoms with Crippen LogP contribution in [0.5, 0.6) is 0 Å². The lowest BCUT2D eigenvalue weighted by atomic mass is 10.1. The van der Waals surface area contributed by atoms with Gasteiger partial charge in [0.2, 0.25) is 0 Å². The molecule has 0 spiro atoms. The van der Waals surface area contributed by atoms with Crippen LogP contribution in [0.3, 0.4) is 0 Å². The lowest BCUT2D eigenvalue weighted by Crippen LogP contribution is -2.47. The van der Waals surface area contributed by atoms with Gasteiger partial charge in [0.1, 0.15) is 5.82 Å². The minimum atomic E-state index is -0.857. The van der Waals surface area contributed by atoms with Gasteiger partial charge in [0.25, 0.3) is 0 Å². The Morgan fingerprint density at radius 2 is 2.32 bits per heavy atom. The molecule has 22 heavy (non-hydrogen) atoms. The van der Waals surface area contributed by atoms with Crippen molar-refractivity contribution in [1.82, 2.24) is 9.80 Å². The summed E-state index contributed by atoms with van der Waals surface area (Å²) in [6.07, 6.45) is -0.0536. The third kappa shape index (κ3) is 5.53. The van der Waals surface area contributed by atoms with Gasteiger partial charge in [0, 0.05) is 31.2 Å². The van der Waals surface area contributed by atoms with E-state index in [0.29, 0.717) is 31.3 Å². The van der Waals surface area contributed by atoms with E-state index in [9.17, 15) is 9.18 Å². The van der Waals surface area contributed by atoms with Crippen molar-refractivity contribution in [2.45, 2.75) is 12.6 Å². The van der Waals surface area contributed by atoms with E-state index < -0.39 is 5.97 Å². The van der Waals surface area contributed by atoms with Gasteiger partial charge in [-0.2, -0.15) is 0 Å². The average molecular weight is 331 g/mol. The van der Waals surface area contributed by atoms with E-state index in [4.69, 9.17) is 21.4 Å². The Bertz CT molecular complexity index is 509. The summed E-state index contributed by atoms with van der Waals surface area (Å²) in [6.45, 7) is 3.14. The number of carboxylic acids is 1. The molecule has 0 aliphatic carbocycles. The van der Waals surface area contributed by atoms with Crippen LogP contribution in [0.4, 0.5) is 4.39 Å². The minimum Gasteiger partial charge on any atom is -0.480 e. The maximum atomic E-state index is 13.4. The third-order valence-electron chi connectivity index (χ3n) is 3.47. The van der Waals surface area contributed by atoms with Crippen molar-refractivity contribution in [2.24, 2.45) is 0 Å². The van der Waals surface area contributed by atoms with E-state index in [0.717, 1.165) is 12.1 Å². The molecule has 0 saturated carbocycles. The highest BCUT2D eigenvalue weighted by molar-refractivity contribution is 6.30. The number of carboxylic acid groups (broad SMARTS) is 1. The Morgan fingerprint density at radius 1 is 1.55 bits per heavy atom. The van der Waals surface area contributed by atoms with Gasteiger partial charge in [0.05, 0.1) is 19.3 Å². The van der Waals surface area contributed by atoms with E-state index in [1.54, 1.807) is 18.0 Å². The van der Waals surface area contributed by atoms with E-state index in [-0.39, 0.29) is 18.5 Å². The first-order valence-corrected chi connectivity index (χ1v) is 7.49. The number of likely N-dealkylation sites (N-methyl/N-ethyl adjacent to an activating group) is 1. The van der Waals surface area contributed by atoms with Gasteiger partial charge in [-0.3, -0.25) is 14.6 Å². The smallest absolute Gasteiger partial charge is 0.317 e. The van der Waals surface area contributed by atoms with E-state index in [1.807, 2.05) is 0 Å². The van der Waals surface area contributed by atoms with Crippen molar-refractivity contribution in [3.05, 3.63) is 34.6 Å². The van der Waals surface area contributed by atoms with Gasteiger partial charge in [-0.1, -0.05) is 11.6 Å². The molecule has 1 heterocycles. The largest absolute Gasteiger partial charge is 0.480 e. The van der Waals surface area contributed by atoms with Crippen LogP contribution in [0.2, 0.25) is 5.02 Å². The summed E-state index contributed by atoms with van der Waals surface area (Å²) in [6, 6.07) is 4.52. The number of halogens is 2. The molecule has 0 aromatic heterocycles. The van der Waals surface area contributed by atoms with Crippen LogP contribution in [-0.2, 0) is 16.1 Å². The molecule has 0 radical (unpaired) electrons. The first-order chi connectivity index (χ1) is 10.4. The Balaban J connectivity index is 1.88. The lowest BCUT2D eigenvalue weighted by Gasteiger charge is -2.34. The maximum Gasteiger partial charge on any atom is 0.317 e. The summed E-state index contributed by atoms with van der Waals surface area (Å²) in [5, 5.41) is 9.16. The Kier molecular flexibility index (Phi) is 6.14. The molecule has 1 fully saturated rings. The molecule has 122 valence electrons. The van der Waals surface area contributed by atoms with Crippen LogP contribution >= 0.6 is 11.6 Å². The molecule has 1 unspecified atom stereocenters. The first-order valence-electron chi connectivity index (χ1n) is 7.11. The fourth-order valence-electron chi connectivity index (χ4n) is 2.64. The molecule has 7 heteroatoms. The highest BCUT2D eigenvalue weighted by atomic mass is 35.5. The highest BCUT2D eigenvalue weighted by Crippen LogP contribution is 2.17. The van der Waals surface area contributed by atoms with E-state index >= 15 is 0 Å². The van der Waals surface area contributed by atoms with Crippen LogP contribution in [0.25, 0.3) is 0 Å². The van der Waals surface area contributed by atoms with Gasteiger partial charge in [-0.25, -0.2) is 4.39 Å². The number of benzene rings is 1. The standard InChI is InChI=1S/C15H20ClFN2O3/c1-18(10-15(20)21)8-14-9-19(2-3-22-14)7-11-4-12(16)6-13(17)5-11/h4-6,14H,2-3,7-10H2,1H3,(H,20,21). The zero-order valence-corrected chi connectivity index (χ0v) is 13.2. The summed E-state index contributed by atoms with van der Waals surface area (Å²) in [5.74, 6) is -1.20. The fourth-order valence-corrected chi connectivity index (χ4v) is 2.88. The van der Waals surface area contributed by atoms with Crippen molar-refractivity contribution in [3.8, 4) is 0 Å². The maximum absolute atomic E-state index is 13.4. The normalized spacial score (nSPS) is 19.5. The molecule has 0 bridgehead atoms. The van der Waals surface area contributed by atoms with Gasteiger partial charge in [0.15, 0.2) is 0 Å². The molecule has 1 N–H and O–H groups in total. The molecule has 1 atom stereocenters. The molecule has 5 nitrogen and oxygen atoms in total. The van der Waals surface area contributed by atoms with Gasteiger partial charge in [-0.05, 0) is 30.8 Å². The van der Waals surface area contributed by atoms with Crippen molar-refractivity contribution in [1.29, 1.82) is 0 Å². The summed E-state index contributed by atoms with van der Waals surface area (Å²) < 4.78 is 19.0. The average Bonchev–Trinajstić information content (AvgIpc) is 2.36. The molecule has 1 aliphatic heterocycles. The van der Waals surface area contributed by atoms with Crippen LogP contribution in [0.1, 0.15) is 5.56 Å². The van der Waals surface area contributed by atoms with Gasteiger partial charge < -0.3 is 9.84 Å². The van der Waals surface area contributed by atoms with Gasteiger partial charge >= 0.3 is 5.97 Å². The predicted molar refractivity (Wildman–Crippen MR) is 81.6 cm³/mol. The lowest BCUT2D eigenvalue weighted by molar-refractivity contribution is -0.138. The first kappa shape index (κ1) is 17.1. The molecule has 1 aromatic rings. The summed E-state index contributed by atoms with van der Waals surface area (Å²) in [7, 11) is 1.75. The number of hydrogen-bond donors (Lipinski definition) is 1. The number of nitrogens with zero attached hydrogens (tertiary/aromatic N) is 2. The monoisotopic (exact) mass is 330 g/mol. The molecule has 1 aliphatic rings. The predicted octanol–water partition coefficient (Wildman–Crippen LogP) is 1.70. The van der Waals surface area contributed by atoms with E-state index in [2.05, 4.69) is 4.90 Å². The number of aliphatic carboxylic acids is 1. The minimum absolute atomic E-state index is 0.0145. The van der Waals surface area contributed by atoms with Gasteiger partial charge in [-0.15, -0.1) is 0 Å². The Labute approximate surface area is 134 Å². The summed E-state index contributed by atoms with van der Waals surface area (Å²) in [4.78, 5) is 14.6. The zero-order valence-electron chi connectivity index (χ0n) is 12.5.